The lowest BCUT2D eigenvalue weighted by atomic mass is 10.1. The molecule has 0 aliphatic carbocycles. The van der Waals surface area contributed by atoms with Gasteiger partial charge in [-0.2, -0.15) is 5.26 Å². The summed E-state index contributed by atoms with van der Waals surface area (Å²) in [4.78, 5) is 22.7. The van der Waals surface area contributed by atoms with Gasteiger partial charge in [-0.05, 0) is 70.1 Å². The van der Waals surface area contributed by atoms with E-state index in [1.807, 2.05) is 22.6 Å². The average Bonchev–Trinajstić information content (AvgIpc) is 2.83. The van der Waals surface area contributed by atoms with Crippen LogP contribution in [0.4, 0.5) is 15.8 Å². The zero-order valence-corrected chi connectivity index (χ0v) is 20.3. The molecule has 0 aromatic heterocycles. The molecule has 3 aromatic carbocycles. The number of amides is 1. The Morgan fingerprint density at radius 1 is 1.26 bits per heavy atom. The molecular weight excluding hydrogens is 572 g/mol. The van der Waals surface area contributed by atoms with E-state index < -0.39 is 16.6 Å². The van der Waals surface area contributed by atoms with Crippen LogP contribution in [0.3, 0.4) is 0 Å². The normalized spacial score (nSPS) is 10.9. The van der Waals surface area contributed by atoms with Crippen LogP contribution in [0.2, 0.25) is 0 Å². The molecule has 0 unspecified atom stereocenters. The number of nitrogens with zero attached hydrogens (tertiary/aromatic N) is 2. The molecule has 11 heteroatoms. The third-order valence-electron chi connectivity index (χ3n) is 4.66. The molecule has 0 bridgehead atoms. The highest BCUT2D eigenvalue weighted by molar-refractivity contribution is 14.1. The number of carbonyl (C=O) groups excluding carboxylic acids is 1. The molecule has 0 fully saturated rings. The van der Waals surface area contributed by atoms with Crippen LogP contribution >= 0.6 is 22.6 Å². The summed E-state index contributed by atoms with van der Waals surface area (Å²) in [7, 11) is 1.44. The topological polar surface area (TPSA) is 135 Å². The number of nitro benzene ring substituents is 1. The number of methoxy groups -OCH3 is 1. The molecule has 178 valence electrons. The molecule has 0 aliphatic rings. The number of benzene rings is 3. The minimum Gasteiger partial charge on any atom is -0.506 e. The molecule has 0 spiro atoms. The van der Waals surface area contributed by atoms with Gasteiger partial charge in [0.2, 0.25) is 0 Å². The van der Waals surface area contributed by atoms with E-state index in [0.29, 0.717) is 20.6 Å². The number of rotatable bonds is 8. The van der Waals surface area contributed by atoms with Gasteiger partial charge in [0.25, 0.3) is 11.6 Å². The van der Waals surface area contributed by atoms with Crippen LogP contribution in [-0.4, -0.2) is 23.0 Å². The fourth-order valence-electron chi connectivity index (χ4n) is 2.94. The van der Waals surface area contributed by atoms with Crippen molar-refractivity contribution < 1.29 is 28.7 Å². The first kappa shape index (κ1) is 25.4. The van der Waals surface area contributed by atoms with Crippen LogP contribution in [0.5, 0.6) is 17.2 Å². The van der Waals surface area contributed by atoms with Crippen LogP contribution in [0, 0.1) is 30.8 Å². The van der Waals surface area contributed by atoms with Crippen LogP contribution in [0.25, 0.3) is 6.08 Å². The van der Waals surface area contributed by atoms with Crippen LogP contribution in [-0.2, 0) is 11.4 Å². The Hall–Kier alpha value is -4.18. The van der Waals surface area contributed by atoms with Crippen molar-refractivity contribution in [2.75, 3.05) is 12.4 Å². The maximum atomic E-state index is 13.1. The quantitative estimate of drug-likeness (QED) is 0.0924. The second kappa shape index (κ2) is 11.3. The Bertz CT molecular complexity index is 1350. The van der Waals surface area contributed by atoms with Crippen molar-refractivity contribution >= 4 is 45.9 Å². The minimum atomic E-state index is -0.817. The molecule has 1 amide bonds. The van der Waals surface area contributed by atoms with Crippen molar-refractivity contribution in [3.63, 3.8) is 0 Å². The lowest BCUT2D eigenvalue weighted by molar-refractivity contribution is -0.384. The minimum absolute atomic E-state index is 0.0848. The van der Waals surface area contributed by atoms with E-state index in [9.17, 15) is 29.7 Å². The van der Waals surface area contributed by atoms with Gasteiger partial charge in [-0.1, -0.05) is 12.1 Å². The van der Waals surface area contributed by atoms with Gasteiger partial charge in [0.05, 0.1) is 27.4 Å². The number of nitrogens with one attached hydrogen (secondary N) is 1. The number of nitriles is 1. The summed E-state index contributed by atoms with van der Waals surface area (Å²) in [5.41, 5.74) is 0.519. The van der Waals surface area contributed by atoms with Crippen LogP contribution in [0.15, 0.2) is 60.2 Å². The summed E-state index contributed by atoms with van der Waals surface area (Å²) in [6.07, 6.45) is 1.33. The van der Waals surface area contributed by atoms with Crippen molar-refractivity contribution in [3.05, 3.63) is 90.8 Å². The van der Waals surface area contributed by atoms with Crippen molar-refractivity contribution in [2.45, 2.75) is 6.61 Å². The molecule has 0 aliphatic heterocycles. The monoisotopic (exact) mass is 589 g/mol. The van der Waals surface area contributed by atoms with Gasteiger partial charge in [0.15, 0.2) is 11.5 Å². The molecule has 0 radical (unpaired) electrons. The average molecular weight is 589 g/mol. The third-order valence-corrected chi connectivity index (χ3v) is 5.47. The van der Waals surface area contributed by atoms with E-state index >= 15 is 0 Å². The number of hydrogen-bond acceptors (Lipinski definition) is 7. The number of halogens is 2. The summed E-state index contributed by atoms with van der Waals surface area (Å²) < 4.78 is 25.0. The highest BCUT2D eigenvalue weighted by Crippen LogP contribution is 2.35. The van der Waals surface area contributed by atoms with Gasteiger partial charge in [-0.3, -0.25) is 14.9 Å². The highest BCUT2D eigenvalue weighted by Gasteiger charge is 2.17. The van der Waals surface area contributed by atoms with Gasteiger partial charge < -0.3 is 19.9 Å². The predicted molar refractivity (Wildman–Crippen MR) is 133 cm³/mol. The number of ether oxygens (including phenoxy) is 2. The standard InChI is InChI=1S/C24H17FIN3O6/c1-34-22-10-15(9-19(26)23(22)35-13-14-2-4-17(25)5-3-14)8-16(12-27)24(31)28-20-7-6-18(29(32)33)11-21(20)30/h2-11,30H,13H2,1H3,(H,28,31)/b16-8+. The number of hydrogen-bond donors (Lipinski definition) is 2. The zero-order valence-electron chi connectivity index (χ0n) is 18.1. The zero-order chi connectivity index (χ0) is 25.5. The maximum Gasteiger partial charge on any atom is 0.273 e. The number of aromatic hydroxyl groups is 1. The lowest BCUT2D eigenvalue weighted by Gasteiger charge is -2.14. The Labute approximate surface area is 212 Å². The summed E-state index contributed by atoms with van der Waals surface area (Å²) >= 11 is 2.02. The van der Waals surface area contributed by atoms with E-state index in [0.717, 1.165) is 17.7 Å². The first-order valence-electron chi connectivity index (χ1n) is 9.87. The van der Waals surface area contributed by atoms with E-state index in [4.69, 9.17) is 9.47 Å². The third kappa shape index (κ3) is 6.45. The predicted octanol–water partition coefficient (Wildman–Crippen LogP) is 5.18. The first-order valence-corrected chi connectivity index (χ1v) is 10.9. The van der Waals surface area contributed by atoms with E-state index in [1.54, 1.807) is 30.3 Å². The highest BCUT2D eigenvalue weighted by atomic mass is 127. The van der Waals surface area contributed by atoms with Gasteiger partial charge >= 0.3 is 0 Å². The van der Waals surface area contributed by atoms with Crippen molar-refractivity contribution in [3.8, 4) is 23.3 Å². The van der Waals surface area contributed by atoms with Gasteiger partial charge in [0, 0.05) is 6.07 Å². The first-order chi connectivity index (χ1) is 16.7. The van der Waals surface area contributed by atoms with Crippen LogP contribution < -0.4 is 14.8 Å². The largest absolute Gasteiger partial charge is 0.506 e. The summed E-state index contributed by atoms with van der Waals surface area (Å²) in [6, 6.07) is 14.1. The molecule has 9 nitrogen and oxygen atoms in total. The molecular formula is C24H17FIN3O6. The molecule has 0 heterocycles. The van der Waals surface area contributed by atoms with Gasteiger partial charge in [-0.15, -0.1) is 0 Å². The smallest absolute Gasteiger partial charge is 0.273 e. The number of non-ortho nitro benzene ring substituents is 1. The maximum absolute atomic E-state index is 13.1. The Kier molecular flexibility index (Phi) is 8.21. The van der Waals surface area contributed by atoms with Gasteiger partial charge in [0.1, 0.15) is 29.8 Å². The van der Waals surface area contributed by atoms with E-state index in [-0.39, 0.29) is 29.4 Å². The van der Waals surface area contributed by atoms with E-state index in [1.165, 1.54) is 31.4 Å². The van der Waals surface area contributed by atoms with Crippen LogP contribution in [0.1, 0.15) is 11.1 Å². The summed E-state index contributed by atoms with van der Waals surface area (Å²) in [6.45, 7) is 0.173. The number of carbonyl (C=O) groups is 1. The number of anilines is 1. The molecule has 0 atom stereocenters. The Morgan fingerprint density at radius 3 is 2.57 bits per heavy atom. The molecule has 2 N–H and O–H groups in total. The van der Waals surface area contributed by atoms with Crippen molar-refractivity contribution in [1.29, 1.82) is 5.26 Å². The second-order valence-electron chi connectivity index (χ2n) is 7.03. The number of phenols is 1. The molecule has 0 saturated heterocycles. The molecule has 3 rings (SSSR count). The Morgan fingerprint density at radius 2 is 1.97 bits per heavy atom. The SMILES string of the molecule is COc1cc(/C=C(\C#N)C(=O)Nc2ccc([N+](=O)[O-])cc2O)cc(I)c1OCc1ccc(F)cc1. The summed E-state index contributed by atoms with van der Waals surface area (Å²) in [5.74, 6) is -0.881. The summed E-state index contributed by atoms with van der Waals surface area (Å²) in [5, 5.41) is 32.6. The lowest BCUT2D eigenvalue weighted by Crippen LogP contribution is -2.13. The van der Waals surface area contributed by atoms with Crippen molar-refractivity contribution in [1.82, 2.24) is 0 Å². The number of phenolic OH excluding ortho intramolecular Hbond substituents is 1. The fraction of sp³-hybridized carbons (Fsp3) is 0.0833. The van der Waals surface area contributed by atoms with Crippen molar-refractivity contribution in [2.24, 2.45) is 0 Å². The van der Waals surface area contributed by atoms with E-state index in [2.05, 4.69) is 5.32 Å². The Balaban J connectivity index is 1.81. The molecule has 3 aromatic rings. The number of nitro groups is 1. The fourth-order valence-corrected chi connectivity index (χ4v) is 3.72. The van der Waals surface area contributed by atoms with Gasteiger partial charge in [-0.25, -0.2) is 4.39 Å². The molecule has 35 heavy (non-hydrogen) atoms. The second-order valence-corrected chi connectivity index (χ2v) is 8.19. The molecule has 0 saturated carbocycles.